The average Bonchev–Trinajstić information content (AvgIpc) is 2.86. The van der Waals surface area contributed by atoms with Crippen LogP contribution in [0.4, 0.5) is 0 Å². The smallest absolute Gasteiger partial charge is 0.374 e. The van der Waals surface area contributed by atoms with Crippen LogP contribution in [0.5, 0.6) is 11.5 Å². The second-order valence-electron chi connectivity index (χ2n) is 5.42. The van der Waals surface area contributed by atoms with Crippen LogP contribution < -0.4 is 9.47 Å². The average molecular weight is 325 g/mol. The molecule has 2 aromatic carbocycles. The number of hydrogen-bond donors (Lipinski definition) is 1. The number of nitrogens with zero attached hydrogens (tertiary/aromatic N) is 1. The van der Waals surface area contributed by atoms with Crippen LogP contribution in [0.25, 0.3) is 0 Å². The van der Waals surface area contributed by atoms with Crippen molar-refractivity contribution in [3.05, 3.63) is 59.7 Å². The molecule has 0 fully saturated rings. The highest BCUT2D eigenvalue weighted by Gasteiger charge is 2.59. The number of imide groups is 1. The summed E-state index contributed by atoms with van der Waals surface area (Å²) in [4.78, 5) is 37.9. The van der Waals surface area contributed by atoms with Crippen LogP contribution in [0.3, 0.4) is 0 Å². The van der Waals surface area contributed by atoms with E-state index in [1.165, 1.54) is 18.2 Å². The molecule has 0 saturated heterocycles. The first-order chi connectivity index (χ1) is 11.5. The molecule has 0 radical (unpaired) electrons. The molecule has 120 valence electrons. The summed E-state index contributed by atoms with van der Waals surface area (Å²) in [5, 5.41) is 9.74. The number of fused-ring (bicyclic) bond motifs is 2. The van der Waals surface area contributed by atoms with Crippen molar-refractivity contribution < 1.29 is 29.0 Å². The van der Waals surface area contributed by atoms with Gasteiger partial charge in [-0.25, -0.2) is 9.69 Å². The van der Waals surface area contributed by atoms with Gasteiger partial charge in [0.2, 0.25) is 0 Å². The van der Waals surface area contributed by atoms with Crippen LogP contribution in [0.2, 0.25) is 0 Å². The number of carbonyl (C=O) groups is 3. The summed E-state index contributed by atoms with van der Waals surface area (Å²) in [6.07, 6.45) is 0. The fourth-order valence-corrected chi connectivity index (χ4v) is 2.87. The minimum atomic E-state index is -2.25. The Morgan fingerprint density at radius 2 is 1.50 bits per heavy atom. The summed E-state index contributed by atoms with van der Waals surface area (Å²) >= 11 is 0. The molecular weight excluding hydrogens is 314 g/mol. The summed E-state index contributed by atoms with van der Waals surface area (Å²) in [6.45, 7) is -0.495. The lowest BCUT2D eigenvalue weighted by Crippen LogP contribution is -2.65. The number of amides is 2. The zero-order chi connectivity index (χ0) is 16.9. The Hall–Kier alpha value is -3.35. The monoisotopic (exact) mass is 325 g/mol. The lowest BCUT2D eigenvalue weighted by Gasteiger charge is -2.39. The minimum Gasteiger partial charge on any atom is -0.483 e. The van der Waals surface area contributed by atoms with Gasteiger partial charge in [0.25, 0.3) is 11.8 Å². The Bertz CT molecular complexity index is 857. The Balaban J connectivity index is 1.83. The topological polar surface area (TPSA) is 93.1 Å². The van der Waals surface area contributed by atoms with E-state index in [4.69, 9.17) is 9.47 Å². The van der Waals surface area contributed by atoms with Crippen molar-refractivity contribution in [1.82, 2.24) is 4.90 Å². The van der Waals surface area contributed by atoms with E-state index in [0.29, 0.717) is 10.6 Å². The van der Waals surface area contributed by atoms with E-state index in [1.807, 2.05) is 0 Å². The number of benzene rings is 2. The van der Waals surface area contributed by atoms with E-state index >= 15 is 0 Å². The first-order valence-electron chi connectivity index (χ1n) is 7.17. The SMILES string of the molecule is O=C1c2ccccc2C(=O)N1C1(C(=O)O)COc2ccccc2O1. The van der Waals surface area contributed by atoms with Gasteiger partial charge in [-0.15, -0.1) is 0 Å². The van der Waals surface area contributed by atoms with Crippen LogP contribution in [-0.2, 0) is 4.79 Å². The molecule has 7 heteroatoms. The highest BCUT2D eigenvalue weighted by Crippen LogP contribution is 2.39. The molecule has 1 atom stereocenters. The van der Waals surface area contributed by atoms with E-state index in [1.54, 1.807) is 30.3 Å². The highest BCUT2D eigenvalue weighted by molar-refractivity contribution is 6.23. The van der Waals surface area contributed by atoms with Gasteiger partial charge in [-0.2, -0.15) is 0 Å². The lowest BCUT2D eigenvalue weighted by molar-refractivity contribution is -0.175. The molecule has 0 aromatic heterocycles. The van der Waals surface area contributed by atoms with Gasteiger partial charge >= 0.3 is 11.7 Å². The van der Waals surface area contributed by atoms with Crippen molar-refractivity contribution >= 4 is 17.8 Å². The molecule has 2 heterocycles. The van der Waals surface area contributed by atoms with Gasteiger partial charge in [0.05, 0.1) is 11.1 Å². The predicted molar refractivity (Wildman–Crippen MR) is 79.9 cm³/mol. The molecule has 7 nitrogen and oxygen atoms in total. The molecule has 2 aromatic rings. The van der Waals surface area contributed by atoms with E-state index in [2.05, 4.69) is 0 Å². The third-order valence-corrected chi connectivity index (χ3v) is 4.04. The summed E-state index contributed by atoms with van der Waals surface area (Å²) in [7, 11) is 0. The number of carbonyl (C=O) groups excluding carboxylic acids is 2. The number of carboxylic acids is 1. The summed E-state index contributed by atoms with van der Waals surface area (Å²) in [5.74, 6) is -2.41. The van der Waals surface area contributed by atoms with Gasteiger partial charge in [0.1, 0.15) is 0 Å². The Morgan fingerprint density at radius 3 is 2.08 bits per heavy atom. The van der Waals surface area contributed by atoms with Gasteiger partial charge in [0, 0.05) is 0 Å². The van der Waals surface area contributed by atoms with Crippen molar-refractivity contribution in [2.24, 2.45) is 0 Å². The Kier molecular flexibility index (Phi) is 2.86. The maximum atomic E-state index is 12.6. The standard InChI is InChI=1S/C17H11NO6/c19-14-10-5-1-2-6-11(10)15(20)18(14)17(16(21)22)9-23-12-7-3-4-8-13(12)24-17/h1-8H,9H2,(H,21,22). The van der Waals surface area contributed by atoms with E-state index in [-0.39, 0.29) is 16.9 Å². The molecule has 4 rings (SSSR count). The normalized spacial score (nSPS) is 21.6. The molecule has 1 N–H and O–H groups in total. The first kappa shape index (κ1) is 14.3. The van der Waals surface area contributed by atoms with Gasteiger partial charge in [-0.3, -0.25) is 9.59 Å². The molecule has 0 saturated carbocycles. The summed E-state index contributed by atoms with van der Waals surface area (Å²) in [6, 6.07) is 12.6. The third kappa shape index (κ3) is 1.75. The van der Waals surface area contributed by atoms with Gasteiger partial charge < -0.3 is 14.6 Å². The zero-order valence-corrected chi connectivity index (χ0v) is 12.3. The number of carboxylic acid groups (broad SMARTS) is 1. The summed E-state index contributed by atoms with van der Waals surface area (Å²) in [5.41, 5.74) is -1.96. The minimum absolute atomic E-state index is 0.144. The molecule has 0 spiro atoms. The van der Waals surface area contributed by atoms with Crippen molar-refractivity contribution in [3.8, 4) is 11.5 Å². The van der Waals surface area contributed by atoms with Crippen LogP contribution >= 0.6 is 0 Å². The van der Waals surface area contributed by atoms with Gasteiger partial charge in [0.15, 0.2) is 18.1 Å². The maximum Gasteiger partial charge on any atom is 0.374 e. The molecule has 2 amide bonds. The van der Waals surface area contributed by atoms with Gasteiger partial charge in [-0.05, 0) is 24.3 Å². The number of hydrogen-bond acceptors (Lipinski definition) is 5. The number of para-hydroxylation sites is 2. The van der Waals surface area contributed by atoms with E-state index < -0.39 is 30.1 Å². The fourth-order valence-electron chi connectivity index (χ4n) is 2.87. The third-order valence-electron chi connectivity index (χ3n) is 4.04. The number of rotatable bonds is 2. The molecule has 1 unspecified atom stereocenters. The maximum absolute atomic E-state index is 12.6. The van der Waals surface area contributed by atoms with Crippen molar-refractivity contribution in [1.29, 1.82) is 0 Å². The molecule has 2 aliphatic rings. The number of aliphatic carboxylic acids is 1. The predicted octanol–water partition coefficient (Wildman–Crippen LogP) is 1.53. The van der Waals surface area contributed by atoms with Crippen LogP contribution in [-0.4, -0.2) is 40.1 Å². The fraction of sp³-hybridized carbons (Fsp3) is 0.118. The molecule has 24 heavy (non-hydrogen) atoms. The lowest BCUT2D eigenvalue weighted by atomic mass is 10.1. The first-order valence-corrected chi connectivity index (χ1v) is 7.17. The quantitative estimate of drug-likeness (QED) is 0.842. The van der Waals surface area contributed by atoms with E-state index in [0.717, 1.165) is 0 Å². The van der Waals surface area contributed by atoms with Crippen molar-refractivity contribution in [2.45, 2.75) is 5.72 Å². The second-order valence-corrected chi connectivity index (χ2v) is 5.42. The Labute approximate surface area is 136 Å². The van der Waals surface area contributed by atoms with E-state index in [9.17, 15) is 19.5 Å². The molecule has 0 aliphatic carbocycles. The Morgan fingerprint density at radius 1 is 0.958 bits per heavy atom. The van der Waals surface area contributed by atoms with Crippen molar-refractivity contribution in [2.75, 3.05) is 6.61 Å². The second kappa shape index (κ2) is 4.82. The van der Waals surface area contributed by atoms with Gasteiger partial charge in [-0.1, -0.05) is 24.3 Å². The number of ether oxygens (including phenoxy) is 2. The van der Waals surface area contributed by atoms with Crippen LogP contribution in [0.15, 0.2) is 48.5 Å². The molecule has 0 bridgehead atoms. The van der Waals surface area contributed by atoms with Crippen LogP contribution in [0, 0.1) is 0 Å². The molecular formula is C17H11NO6. The highest BCUT2D eigenvalue weighted by atomic mass is 16.6. The zero-order valence-electron chi connectivity index (χ0n) is 12.3. The van der Waals surface area contributed by atoms with Crippen molar-refractivity contribution in [3.63, 3.8) is 0 Å². The molecule has 2 aliphatic heterocycles. The largest absolute Gasteiger partial charge is 0.483 e. The van der Waals surface area contributed by atoms with Crippen LogP contribution in [0.1, 0.15) is 20.7 Å². The summed E-state index contributed by atoms with van der Waals surface area (Å²) < 4.78 is 11.1.